The summed E-state index contributed by atoms with van der Waals surface area (Å²) in [5.74, 6) is 6.73. The summed E-state index contributed by atoms with van der Waals surface area (Å²) >= 11 is 0. The summed E-state index contributed by atoms with van der Waals surface area (Å²) in [6.07, 6.45) is 8.95. The minimum absolute atomic E-state index is 0.250. The topological polar surface area (TPSA) is 46.2 Å². The average molecular weight is 563 g/mol. The molecule has 0 saturated heterocycles. The Bertz CT molecular complexity index is 1130. The summed E-state index contributed by atoms with van der Waals surface area (Å²) in [6.45, 7) is 15.1. The van der Waals surface area contributed by atoms with Gasteiger partial charge < -0.3 is 23.7 Å². The predicted molar refractivity (Wildman–Crippen MR) is 162 cm³/mol. The highest BCUT2D eigenvalue weighted by molar-refractivity contribution is 5.46. The molecule has 6 rings (SSSR count). The predicted octanol–water partition coefficient (Wildman–Crippen LogP) is 8.61. The van der Waals surface area contributed by atoms with E-state index in [0.717, 1.165) is 48.7 Å². The molecule has 0 N–H and O–H groups in total. The maximum absolute atomic E-state index is 8.10. The van der Waals surface area contributed by atoms with Crippen molar-refractivity contribution in [2.45, 2.75) is 104 Å². The van der Waals surface area contributed by atoms with Crippen molar-refractivity contribution in [2.75, 3.05) is 13.6 Å². The van der Waals surface area contributed by atoms with Crippen molar-refractivity contribution in [1.29, 1.82) is 0 Å². The van der Waals surface area contributed by atoms with Crippen LogP contribution in [0.2, 0.25) is 0 Å². The number of ether oxygens (including phenoxy) is 5. The molecule has 2 aromatic carbocycles. The molecule has 0 amide bonds. The van der Waals surface area contributed by atoms with E-state index in [1.165, 1.54) is 36.8 Å². The van der Waals surface area contributed by atoms with Crippen molar-refractivity contribution >= 4 is 0 Å². The van der Waals surface area contributed by atoms with Gasteiger partial charge in [-0.1, -0.05) is 66.5 Å². The fourth-order valence-electron chi connectivity index (χ4n) is 8.93. The largest absolute Gasteiger partial charge is 0.454 e. The average Bonchev–Trinajstić information content (AvgIpc) is 3.57. The molecule has 0 radical (unpaired) electrons. The molecule has 224 valence electrons. The van der Waals surface area contributed by atoms with Crippen LogP contribution in [0.4, 0.5) is 0 Å². The van der Waals surface area contributed by atoms with E-state index in [-0.39, 0.29) is 11.2 Å². The monoisotopic (exact) mass is 562 g/mol. The summed E-state index contributed by atoms with van der Waals surface area (Å²) in [5.41, 5.74) is 2.08. The first-order chi connectivity index (χ1) is 19.7. The molecule has 2 fully saturated rings. The third kappa shape index (κ3) is 5.68. The Balaban J connectivity index is 1.44. The van der Waals surface area contributed by atoms with Gasteiger partial charge in [-0.2, -0.15) is 0 Å². The molecule has 2 heterocycles. The second-order valence-corrected chi connectivity index (χ2v) is 14.4. The fourth-order valence-corrected chi connectivity index (χ4v) is 8.93. The van der Waals surface area contributed by atoms with E-state index in [0.29, 0.717) is 49.1 Å². The quantitative estimate of drug-likeness (QED) is 0.322. The molecule has 6 atom stereocenters. The van der Waals surface area contributed by atoms with Crippen LogP contribution >= 0.6 is 0 Å². The molecular formula is C36H50O5. The molecule has 5 nitrogen and oxygen atoms in total. The molecule has 2 aliphatic carbocycles. The lowest BCUT2D eigenvalue weighted by atomic mass is 9.61. The molecule has 4 aliphatic rings. The second-order valence-electron chi connectivity index (χ2n) is 14.4. The Labute approximate surface area is 247 Å². The van der Waals surface area contributed by atoms with Crippen LogP contribution in [0.1, 0.15) is 91.2 Å². The van der Waals surface area contributed by atoms with E-state index < -0.39 is 0 Å². The van der Waals surface area contributed by atoms with Crippen molar-refractivity contribution in [3.63, 3.8) is 0 Å². The molecule has 0 aromatic heterocycles. The zero-order valence-electron chi connectivity index (χ0n) is 26.0. The lowest BCUT2D eigenvalue weighted by Gasteiger charge is -2.57. The van der Waals surface area contributed by atoms with E-state index in [1.807, 2.05) is 0 Å². The zero-order chi connectivity index (χ0) is 28.8. The van der Waals surface area contributed by atoms with Crippen LogP contribution in [-0.4, -0.2) is 24.8 Å². The molecule has 0 bridgehead atoms. The molecular weight excluding hydrogens is 512 g/mol. The van der Waals surface area contributed by atoms with Crippen LogP contribution < -0.4 is 18.9 Å². The Morgan fingerprint density at radius 2 is 1.05 bits per heavy atom. The van der Waals surface area contributed by atoms with Gasteiger partial charge in [0.25, 0.3) is 0 Å². The first kappa shape index (κ1) is 28.7. The van der Waals surface area contributed by atoms with E-state index in [9.17, 15) is 0 Å². The summed E-state index contributed by atoms with van der Waals surface area (Å²) in [7, 11) is 0. The molecule has 0 spiro atoms. The molecule has 2 aromatic rings. The lowest BCUT2D eigenvalue weighted by molar-refractivity contribution is -0.246. The number of fused-ring (bicyclic) bond motifs is 2. The van der Waals surface area contributed by atoms with Gasteiger partial charge in [-0.05, 0) is 96.6 Å². The smallest absolute Gasteiger partial charge is 0.231 e. The first-order valence-electron chi connectivity index (χ1n) is 16.1. The van der Waals surface area contributed by atoms with Crippen LogP contribution in [-0.2, 0) is 17.6 Å². The van der Waals surface area contributed by atoms with E-state index in [4.69, 9.17) is 23.7 Å². The Morgan fingerprint density at radius 1 is 0.634 bits per heavy atom. The Kier molecular flexibility index (Phi) is 7.95. The minimum Gasteiger partial charge on any atom is -0.454 e. The highest BCUT2D eigenvalue weighted by atomic mass is 16.7. The molecule has 6 unspecified atom stereocenters. The van der Waals surface area contributed by atoms with Crippen LogP contribution in [0, 0.1) is 35.5 Å². The third-order valence-electron chi connectivity index (χ3n) is 10.6. The number of hydrogen-bond acceptors (Lipinski definition) is 5. The normalized spacial score (nSPS) is 32.6. The number of rotatable bonds is 8. The summed E-state index contributed by atoms with van der Waals surface area (Å²) in [5, 5.41) is 0. The van der Waals surface area contributed by atoms with Gasteiger partial charge in [0.05, 0.1) is 11.2 Å². The lowest BCUT2D eigenvalue weighted by Crippen LogP contribution is -2.59. The van der Waals surface area contributed by atoms with Crippen LogP contribution in [0.15, 0.2) is 36.4 Å². The van der Waals surface area contributed by atoms with E-state index >= 15 is 0 Å². The maximum atomic E-state index is 8.10. The molecule has 2 saturated carbocycles. The van der Waals surface area contributed by atoms with Crippen LogP contribution in [0.3, 0.4) is 0 Å². The van der Waals surface area contributed by atoms with Gasteiger partial charge in [-0.3, -0.25) is 0 Å². The maximum Gasteiger partial charge on any atom is 0.231 e. The highest BCUT2D eigenvalue weighted by Gasteiger charge is 2.54. The third-order valence-corrected chi connectivity index (χ3v) is 10.6. The molecule has 41 heavy (non-hydrogen) atoms. The number of hydrogen-bond donors (Lipinski definition) is 0. The van der Waals surface area contributed by atoms with E-state index in [2.05, 4.69) is 77.9 Å². The van der Waals surface area contributed by atoms with Gasteiger partial charge in [0.15, 0.2) is 23.0 Å². The highest BCUT2D eigenvalue weighted by Crippen LogP contribution is 2.54. The van der Waals surface area contributed by atoms with Gasteiger partial charge in [0.1, 0.15) is 0 Å². The number of benzene rings is 2. The first-order valence-corrected chi connectivity index (χ1v) is 16.1. The standard InChI is InChI=1S/C36H50O5/c1-23(2)29-11-7-25(5)17-35(29,19-27-9-13-31-33(15-27)39-21-37-31)41-36(18-26(6)8-12-30(36)24(3)4)20-28-10-14-32-34(16-28)40-22-38-32/h9-10,13-16,23-26,29-30H,7-8,11-12,17-22H2,1-6H3. The van der Waals surface area contributed by atoms with Crippen molar-refractivity contribution in [3.05, 3.63) is 47.5 Å². The van der Waals surface area contributed by atoms with Crippen molar-refractivity contribution in [1.82, 2.24) is 0 Å². The Hall–Kier alpha value is -2.40. The minimum atomic E-state index is -0.250. The van der Waals surface area contributed by atoms with Crippen molar-refractivity contribution in [2.24, 2.45) is 35.5 Å². The Morgan fingerprint density at radius 3 is 1.46 bits per heavy atom. The summed E-state index contributed by atoms with van der Waals surface area (Å²) in [6, 6.07) is 13.1. The van der Waals surface area contributed by atoms with Gasteiger partial charge in [-0.25, -0.2) is 0 Å². The van der Waals surface area contributed by atoms with Gasteiger partial charge in [0, 0.05) is 12.8 Å². The van der Waals surface area contributed by atoms with Gasteiger partial charge in [0.2, 0.25) is 13.6 Å². The van der Waals surface area contributed by atoms with Gasteiger partial charge >= 0.3 is 0 Å². The van der Waals surface area contributed by atoms with Crippen molar-refractivity contribution in [3.8, 4) is 23.0 Å². The fraction of sp³-hybridized carbons (Fsp3) is 0.667. The zero-order valence-corrected chi connectivity index (χ0v) is 26.0. The van der Waals surface area contributed by atoms with Crippen LogP contribution in [0.25, 0.3) is 0 Å². The SMILES string of the molecule is CC1CCC(C(C)C)C(Cc2ccc3c(c2)OCO3)(OC2(Cc3ccc4c(c3)OCO4)CC(C)CCC2C(C)C)C1. The van der Waals surface area contributed by atoms with Crippen LogP contribution in [0.5, 0.6) is 23.0 Å². The second kappa shape index (κ2) is 11.4. The van der Waals surface area contributed by atoms with Gasteiger partial charge in [-0.15, -0.1) is 0 Å². The molecule has 5 heteroatoms. The van der Waals surface area contributed by atoms with Crippen molar-refractivity contribution < 1.29 is 23.7 Å². The molecule has 2 aliphatic heterocycles. The summed E-state index contributed by atoms with van der Waals surface area (Å²) in [4.78, 5) is 0. The summed E-state index contributed by atoms with van der Waals surface area (Å²) < 4.78 is 31.1. The van der Waals surface area contributed by atoms with E-state index in [1.54, 1.807) is 0 Å².